The second kappa shape index (κ2) is 4.03. The van der Waals surface area contributed by atoms with Gasteiger partial charge in [0.15, 0.2) is 0 Å². The maximum atomic E-state index is 5.71. The number of nitrogen functional groups attached to an aromatic ring is 1. The van der Waals surface area contributed by atoms with Crippen LogP contribution in [0, 0.1) is 0 Å². The number of hydrogen-bond acceptors (Lipinski definition) is 5. The van der Waals surface area contributed by atoms with Gasteiger partial charge in [-0.25, -0.2) is 0 Å². The van der Waals surface area contributed by atoms with Crippen molar-refractivity contribution in [2.24, 2.45) is 0 Å². The molecule has 2 aromatic heterocycles. The lowest BCUT2D eigenvalue weighted by Crippen LogP contribution is -1.85. The highest BCUT2D eigenvalue weighted by atomic mass is 32.1. The van der Waals surface area contributed by atoms with Crippen molar-refractivity contribution in [3.8, 4) is 22.2 Å². The molecule has 0 saturated heterocycles. The Balaban J connectivity index is 2.01. The Bertz CT molecular complexity index is 631. The third-order valence-electron chi connectivity index (χ3n) is 2.30. The largest absolute Gasteiger partial charge is 0.399 e. The van der Waals surface area contributed by atoms with Crippen LogP contribution in [-0.4, -0.2) is 10.1 Å². The van der Waals surface area contributed by atoms with E-state index < -0.39 is 0 Å². The molecule has 0 spiro atoms. The highest BCUT2D eigenvalue weighted by Crippen LogP contribution is 2.25. The first-order valence-corrected chi connectivity index (χ1v) is 5.94. The standard InChI is InChI=1S/C12H9N3OS/c13-9-4-1-3-8(7-9)12-14-11(15-16-12)10-5-2-6-17-10/h1-7H,13H2. The highest BCUT2D eigenvalue weighted by molar-refractivity contribution is 7.13. The van der Waals surface area contributed by atoms with Gasteiger partial charge in [-0.3, -0.25) is 0 Å². The maximum Gasteiger partial charge on any atom is 0.258 e. The quantitative estimate of drug-likeness (QED) is 0.702. The third-order valence-corrected chi connectivity index (χ3v) is 3.17. The first-order valence-electron chi connectivity index (χ1n) is 5.06. The average molecular weight is 243 g/mol. The molecular formula is C12H9N3OS. The van der Waals surface area contributed by atoms with Gasteiger partial charge in [0.2, 0.25) is 5.82 Å². The fraction of sp³-hybridized carbons (Fsp3) is 0. The summed E-state index contributed by atoms with van der Waals surface area (Å²) in [6.07, 6.45) is 0. The van der Waals surface area contributed by atoms with E-state index in [0.29, 0.717) is 17.4 Å². The number of thiophene rings is 1. The third kappa shape index (κ3) is 1.92. The summed E-state index contributed by atoms with van der Waals surface area (Å²) in [7, 11) is 0. The smallest absolute Gasteiger partial charge is 0.258 e. The Morgan fingerprint density at radius 1 is 1.18 bits per heavy atom. The van der Waals surface area contributed by atoms with Gasteiger partial charge >= 0.3 is 0 Å². The van der Waals surface area contributed by atoms with Crippen LogP contribution in [0.15, 0.2) is 46.3 Å². The fourth-order valence-electron chi connectivity index (χ4n) is 1.52. The molecule has 2 N–H and O–H groups in total. The molecule has 84 valence electrons. The number of nitrogens with two attached hydrogens (primary N) is 1. The van der Waals surface area contributed by atoms with E-state index >= 15 is 0 Å². The van der Waals surface area contributed by atoms with Gasteiger partial charge in [0.25, 0.3) is 5.89 Å². The lowest BCUT2D eigenvalue weighted by Gasteiger charge is -1.94. The Morgan fingerprint density at radius 3 is 2.88 bits per heavy atom. The molecule has 0 unspecified atom stereocenters. The fourth-order valence-corrected chi connectivity index (χ4v) is 2.17. The van der Waals surface area contributed by atoms with E-state index in [2.05, 4.69) is 10.1 Å². The summed E-state index contributed by atoms with van der Waals surface area (Å²) in [5.41, 5.74) is 7.22. The molecule has 3 aromatic rings. The molecule has 0 atom stereocenters. The second-order valence-corrected chi connectivity index (χ2v) is 4.47. The first-order chi connectivity index (χ1) is 8.33. The van der Waals surface area contributed by atoms with Gasteiger partial charge in [-0.2, -0.15) is 4.98 Å². The van der Waals surface area contributed by atoms with Crippen LogP contribution < -0.4 is 5.73 Å². The minimum Gasteiger partial charge on any atom is -0.399 e. The number of aromatic nitrogens is 2. The average Bonchev–Trinajstić information content (AvgIpc) is 3.00. The van der Waals surface area contributed by atoms with Crippen molar-refractivity contribution in [2.45, 2.75) is 0 Å². The molecule has 1 aromatic carbocycles. The molecule has 0 amide bonds. The van der Waals surface area contributed by atoms with Crippen LogP contribution >= 0.6 is 11.3 Å². The Labute approximate surface area is 102 Å². The number of hydrogen-bond donors (Lipinski definition) is 1. The molecule has 5 heteroatoms. The molecule has 0 aliphatic carbocycles. The number of benzene rings is 1. The van der Waals surface area contributed by atoms with E-state index in [1.165, 1.54) is 0 Å². The monoisotopic (exact) mass is 243 g/mol. The van der Waals surface area contributed by atoms with E-state index in [1.807, 2.05) is 41.8 Å². The Kier molecular flexibility index (Phi) is 2.38. The minimum absolute atomic E-state index is 0.487. The van der Waals surface area contributed by atoms with E-state index in [9.17, 15) is 0 Å². The van der Waals surface area contributed by atoms with Gasteiger partial charge in [-0.15, -0.1) is 11.3 Å². The number of nitrogens with zero attached hydrogens (tertiary/aromatic N) is 2. The predicted octanol–water partition coefficient (Wildman–Crippen LogP) is 3.05. The number of anilines is 1. The van der Waals surface area contributed by atoms with Crippen molar-refractivity contribution < 1.29 is 4.52 Å². The normalized spacial score (nSPS) is 10.6. The van der Waals surface area contributed by atoms with Gasteiger partial charge < -0.3 is 10.3 Å². The zero-order valence-corrected chi connectivity index (χ0v) is 9.65. The van der Waals surface area contributed by atoms with Crippen molar-refractivity contribution in [1.29, 1.82) is 0 Å². The summed E-state index contributed by atoms with van der Waals surface area (Å²) in [6, 6.07) is 11.3. The first kappa shape index (κ1) is 10.0. The molecule has 0 fully saturated rings. The molecule has 3 rings (SSSR count). The summed E-state index contributed by atoms with van der Waals surface area (Å²) in [5.74, 6) is 1.10. The number of rotatable bonds is 2. The maximum absolute atomic E-state index is 5.71. The SMILES string of the molecule is Nc1cccc(-c2nc(-c3cccs3)no2)c1. The molecule has 0 bridgehead atoms. The van der Waals surface area contributed by atoms with Crippen LogP contribution in [0.4, 0.5) is 5.69 Å². The van der Waals surface area contributed by atoms with Crippen LogP contribution in [0.1, 0.15) is 0 Å². The van der Waals surface area contributed by atoms with Crippen LogP contribution in [-0.2, 0) is 0 Å². The summed E-state index contributed by atoms with van der Waals surface area (Å²) < 4.78 is 5.22. The zero-order valence-electron chi connectivity index (χ0n) is 8.83. The molecule has 17 heavy (non-hydrogen) atoms. The van der Waals surface area contributed by atoms with Crippen molar-refractivity contribution in [2.75, 3.05) is 5.73 Å². The van der Waals surface area contributed by atoms with E-state index in [4.69, 9.17) is 10.3 Å². The summed E-state index contributed by atoms with van der Waals surface area (Å²) in [4.78, 5) is 5.33. The Morgan fingerprint density at radius 2 is 2.12 bits per heavy atom. The van der Waals surface area contributed by atoms with E-state index in [0.717, 1.165) is 10.4 Å². The Hall–Kier alpha value is -2.14. The van der Waals surface area contributed by atoms with Gasteiger partial charge in [0.05, 0.1) is 4.88 Å². The van der Waals surface area contributed by atoms with E-state index in [-0.39, 0.29) is 0 Å². The topological polar surface area (TPSA) is 64.9 Å². The van der Waals surface area contributed by atoms with Gasteiger partial charge in [-0.05, 0) is 29.6 Å². The van der Waals surface area contributed by atoms with Crippen molar-refractivity contribution in [1.82, 2.24) is 10.1 Å². The van der Waals surface area contributed by atoms with Crippen LogP contribution in [0.2, 0.25) is 0 Å². The molecule has 2 heterocycles. The van der Waals surface area contributed by atoms with Crippen molar-refractivity contribution >= 4 is 17.0 Å². The van der Waals surface area contributed by atoms with Crippen LogP contribution in [0.25, 0.3) is 22.2 Å². The molecule has 0 radical (unpaired) electrons. The lowest BCUT2D eigenvalue weighted by molar-refractivity contribution is 0.432. The zero-order chi connectivity index (χ0) is 11.7. The summed E-state index contributed by atoms with van der Waals surface area (Å²) in [5, 5.41) is 5.93. The van der Waals surface area contributed by atoms with Crippen LogP contribution in [0.3, 0.4) is 0 Å². The predicted molar refractivity (Wildman–Crippen MR) is 67.5 cm³/mol. The highest BCUT2D eigenvalue weighted by Gasteiger charge is 2.10. The molecular weight excluding hydrogens is 234 g/mol. The summed E-state index contributed by atoms with van der Waals surface area (Å²) in [6.45, 7) is 0. The van der Waals surface area contributed by atoms with Crippen LogP contribution in [0.5, 0.6) is 0 Å². The van der Waals surface area contributed by atoms with Gasteiger partial charge in [0, 0.05) is 11.3 Å². The van der Waals surface area contributed by atoms with Crippen molar-refractivity contribution in [3.63, 3.8) is 0 Å². The van der Waals surface area contributed by atoms with Gasteiger partial charge in [-0.1, -0.05) is 17.3 Å². The van der Waals surface area contributed by atoms with Gasteiger partial charge in [0.1, 0.15) is 0 Å². The molecule has 4 nitrogen and oxygen atoms in total. The second-order valence-electron chi connectivity index (χ2n) is 3.53. The van der Waals surface area contributed by atoms with Crippen molar-refractivity contribution in [3.05, 3.63) is 41.8 Å². The minimum atomic E-state index is 0.487. The molecule has 0 saturated carbocycles. The van der Waals surface area contributed by atoms with E-state index in [1.54, 1.807) is 11.3 Å². The molecule has 0 aliphatic heterocycles. The lowest BCUT2D eigenvalue weighted by atomic mass is 10.2. The molecule has 0 aliphatic rings. The summed E-state index contributed by atoms with van der Waals surface area (Å²) >= 11 is 1.58.